The molecule has 6 heteroatoms. The molecule has 0 bridgehead atoms. The van der Waals surface area contributed by atoms with E-state index in [1.807, 2.05) is 17.0 Å². The molecule has 4 nitrogen and oxygen atoms in total. The molecule has 0 unspecified atom stereocenters. The fourth-order valence-electron chi connectivity index (χ4n) is 5.02. The Morgan fingerprint density at radius 3 is 2.48 bits per heavy atom. The van der Waals surface area contributed by atoms with Crippen molar-refractivity contribution in [3.8, 4) is 0 Å². The van der Waals surface area contributed by atoms with Crippen molar-refractivity contribution in [2.24, 2.45) is 0 Å². The van der Waals surface area contributed by atoms with Crippen LogP contribution < -0.4 is 9.80 Å². The van der Waals surface area contributed by atoms with Gasteiger partial charge in [0.25, 0.3) is 5.91 Å². The zero-order valence-corrected chi connectivity index (χ0v) is 19.2. The van der Waals surface area contributed by atoms with Crippen LogP contribution in [-0.2, 0) is 16.1 Å². The highest BCUT2D eigenvalue weighted by Gasteiger charge is 2.46. The van der Waals surface area contributed by atoms with Crippen molar-refractivity contribution >= 4 is 40.5 Å². The summed E-state index contributed by atoms with van der Waals surface area (Å²) in [6, 6.07) is 14.3. The van der Waals surface area contributed by atoms with Gasteiger partial charge in [-0.15, -0.1) is 0 Å². The normalized spacial score (nSPS) is 20.5. The van der Waals surface area contributed by atoms with Crippen LogP contribution in [0.3, 0.4) is 0 Å². The number of rotatable bonds is 5. The van der Waals surface area contributed by atoms with E-state index in [1.54, 1.807) is 12.1 Å². The number of carbonyl (C=O) groups excluding carboxylic acids is 1. The highest BCUT2D eigenvalue weighted by Crippen LogP contribution is 2.43. The Morgan fingerprint density at radius 1 is 1.00 bits per heavy atom. The minimum atomic E-state index is -0.807. The highest BCUT2D eigenvalue weighted by atomic mass is 35.5. The second kappa shape index (κ2) is 8.65. The molecule has 2 fully saturated rings. The summed E-state index contributed by atoms with van der Waals surface area (Å²) in [5.74, 6) is 0.0910. The van der Waals surface area contributed by atoms with E-state index in [4.69, 9.17) is 27.9 Å². The molecule has 1 heterocycles. The van der Waals surface area contributed by atoms with E-state index < -0.39 is 5.60 Å². The molecule has 0 aromatic heterocycles. The molecule has 3 aliphatic rings. The van der Waals surface area contributed by atoms with Crippen molar-refractivity contribution in [3.05, 3.63) is 58.1 Å². The van der Waals surface area contributed by atoms with Crippen molar-refractivity contribution < 1.29 is 9.53 Å². The maximum absolute atomic E-state index is 14.0. The molecule has 1 aliphatic heterocycles. The van der Waals surface area contributed by atoms with Crippen molar-refractivity contribution in [2.75, 3.05) is 22.9 Å². The topological polar surface area (TPSA) is 32.8 Å². The number of fused-ring (bicyclic) bond motifs is 1. The third kappa shape index (κ3) is 4.18. The number of para-hydroxylation sites is 2. The number of halogens is 2. The highest BCUT2D eigenvalue weighted by molar-refractivity contribution is 6.33. The summed E-state index contributed by atoms with van der Waals surface area (Å²) in [4.78, 5) is 18.5. The maximum atomic E-state index is 14.0. The van der Waals surface area contributed by atoms with Gasteiger partial charge >= 0.3 is 0 Å². The van der Waals surface area contributed by atoms with Crippen molar-refractivity contribution in [3.63, 3.8) is 0 Å². The standard InChI is InChI=1S/C25H28Cl2N2O2/c26-19-8-11-21(27)18(16-19)17-31-25(12-4-1-5-13-25)24(30)29-15-14-28(20-9-10-20)22-6-2-3-7-23(22)29/h2-3,6-8,11,16,20H,1,4-5,9-10,12-15,17H2. The first kappa shape index (κ1) is 21.1. The van der Waals surface area contributed by atoms with Crippen molar-refractivity contribution in [1.82, 2.24) is 0 Å². The molecule has 164 valence electrons. The Kier molecular flexibility index (Phi) is 5.89. The fourth-order valence-corrected chi connectivity index (χ4v) is 5.39. The van der Waals surface area contributed by atoms with E-state index in [2.05, 4.69) is 23.1 Å². The van der Waals surface area contributed by atoms with Crippen LogP contribution in [0.4, 0.5) is 11.4 Å². The molecular weight excluding hydrogens is 431 g/mol. The van der Waals surface area contributed by atoms with Gasteiger partial charge < -0.3 is 14.5 Å². The van der Waals surface area contributed by atoms with Crippen LogP contribution in [0.5, 0.6) is 0 Å². The molecule has 2 aromatic rings. The van der Waals surface area contributed by atoms with Gasteiger partial charge in [0, 0.05) is 29.2 Å². The first-order valence-electron chi connectivity index (χ1n) is 11.3. The third-order valence-corrected chi connectivity index (χ3v) is 7.45. The first-order valence-corrected chi connectivity index (χ1v) is 12.1. The molecule has 2 saturated carbocycles. The monoisotopic (exact) mass is 458 g/mol. The van der Waals surface area contributed by atoms with Gasteiger partial charge in [0.1, 0.15) is 5.60 Å². The van der Waals surface area contributed by atoms with Crippen LogP contribution >= 0.6 is 23.2 Å². The zero-order chi connectivity index (χ0) is 21.4. The molecular formula is C25H28Cl2N2O2. The molecule has 0 atom stereocenters. The van der Waals surface area contributed by atoms with Crippen LogP contribution in [0, 0.1) is 0 Å². The average Bonchev–Trinajstić information content (AvgIpc) is 3.64. The van der Waals surface area contributed by atoms with E-state index in [1.165, 1.54) is 18.5 Å². The van der Waals surface area contributed by atoms with Crippen molar-refractivity contribution in [2.45, 2.75) is 63.2 Å². The van der Waals surface area contributed by atoms with E-state index in [-0.39, 0.29) is 12.5 Å². The SMILES string of the molecule is O=C(N1CCN(C2CC2)c2ccccc21)C1(OCc2cc(Cl)ccc2Cl)CCCCC1. The second-order valence-electron chi connectivity index (χ2n) is 8.95. The Morgan fingerprint density at radius 2 is 1.74 bits per heavy atom. The van der Waals surface area contributed by atoms with Crippen LogP contribution in [0.25, 0.3) is 0 Å². The summed E-state index contributed by atoms with van der Waals surface area (Å²) in [6.07, 6.45) is 7.12. The van der Waals surface area contributed by atoms with Gasteiger partial charge in [-0.25, -0.2) is 0 Å². The lowest BCUT2D eigenvalue weighted by atomic mass is 9.83. The van der Waals surface area contributed by atoms with Crippen LogP contribution in [0.1, 0.15) is 50.5 Å². The van der Waals surface area contributed by atoms with Crippen LogP contribution in [0.15, 0.2) is 42.5 Å². The number of ether oxygens (including phenoxy) is 1. The number of anilines is 2. The Balaban J connectivity index is 1.42. The van der Waals surface area contributed by atoms with Gasteiger partial charge in [-0.05, 0) is 61.6 Å². The summed E-state index contributed by atoms with van der Waals surface area (Å²) >= 11 is 12.5. The fraction of sp³-hybridized carbons (Fsp3) is 0.480. The number of amides is 1. The average molecular weight is 459 g/mol. The number of hydrogen-bond donors (Lipinski definition) is 0. The van der Waals surface area contributed by atoms with E-state index in [0.717, 1.165) is 49.9 Å². The minimum absolute atomic E-state index is 0.0910. The predicted molar refractivity (Wildman–Crippen MR) is 126 cm³/mol. The van der Waals surface area contributed by atoms with E-state index >= 15 is 0 Å². The number of nitrogens with zero attached hydrogens (tertiary/aromatic N) is 2. The molecule has 1 amide bonds. The minimum Gasteiger partial charge on any atom is -0.365 e. The molecule has 2 aliphatic carbocycles. The summed E-state index contributed by atoms with van der Waals surface area (Å²) in [7, 11) is 0. The van der Waals surface area contributed by atoms with Gasteiger partial charge in [0.05, 0.1) is 18.0 Å². The summed E-state index contributed by atoms with van der Waals surface area (Å²) < 4.78 is 6.46. The van der Waals surface area contributed by atoms with Crippen LogP contribution in [-0.4, -0.2) is 30.6 Å². The quantitative estimate of drug-likeness (QED) is 0.532. The lowest BCUT2D eigenvalue weighted by Gasteiger charge is -2.44. The number of carbonyl (C=O) groups is 1. The molecule has 0 radical (unpaired) electrons. The maximum Gasteiger partial charge on any atom is 0.259 e. The lowest BCUT2D eigenvalue weighted by molar-refractivity contribution is -0.151. The van der Waals surface area contributed by atoms with Crippen LogP contribution in [0.2, 0.25) is 10.0 Å². The second-order valence-corrected chi connectivity index (χ2v) is 9.79. The molecule has 0 saturated heterocycles. The number of benzene rings is 2. The van der Waals surface area contributed by atoms with Gasteiger partial charge in [0.15, 0.2) is 0 Å². The number of hydrogen-bond acceptors (Lipinski definition) is 3. The third-order valence-electron chi connectivity index (χ3n) is 6.84. The molecule has 0 N–H and O–H groups in total. The zero-order valence-electron chi connectivity index (χ0n) is 17.7. The van der Waals surface area contributed by atoms with Crippen molar-refractivity contribution in [1.29, 1.82) is 0 Å². The Bertz CT molecular complexity index is 970. The summed E-state index contributed by atoms with van der Waals surface area (Å²) in [6.45, 7) is 1.87. The van der Waals surface area contributed by atoms with Gasteiger partial charge in [-0.2, -0.15) is 0 Å². The van der Waals surface area contributed by atoms with Gasteiger partial charge in [0.2, 0.25) is 0 Å². The molecule has 5 rings (SSSR count). The molecule has 0 spiro atoms. The predicted octanol–water partition coefficient (Wildman–Crippen LogP) is 6.23. The molecule has 31 heavy (non-hydrogen) atoms. The van der Waals surface area contributed by atoms with Gasteiger partial charge in [-0.3, -0.25) is 4.79 Å². The largest absolute Gasteiger partial charge is 0.365 e. The smallest absolute Gasteiger partial charge is 0.259 e. The molecule has 2 aromatic carbocycles. The van der Waals surface area contributed by atoms with E-state index in [0.29, 0.717) is 22.6 Å². The summed E-state index contributed by atoms with van der Waals surface area (Å²) in [5.41, 5.74) is 2.21. The Hall–Kier alpha value is -1.75. The van der Waals surface area contributed by atoms with Gasteiger partial charge in [-0.1, -0.05) is 54.6 Å². The first-order chi connectivity index (χ1) is 15.1. The van der Waals surface area contributed by atoms with E-state index in [9.17, 15) is 4.79 Å². The Labute approximate surface area is 194 Å². The lowest BCUT2D eigenvalue weighted by Crippen LogP contribution is -2.55. The summed E-state index contributed by atoms with van der Waals surface area (Å²) in [5, 5.41) is 1.24.